The Labute approximate surface area is 171 Å². The van der Waals surface area contributed by atoms with Gasteiger partial charge in [0, 0.05) is 5.56 Å². The molecule has 0 radical (unpaired) electrons. The van der Waals surface area contributed by atoms with E-state index < -0.39 is 11.8 Å². The van der Waals surface area contributed by atoms with Crippen molar-refractivity contribution < 1.29 is 19.4 Å². The smallest absolute Gasteiger partial charge is 0.285 e. The number of carbonyl (C=O) groups is 2. The number of thiocarbonyl (C=S) groups is 1. The van der Waals surface area contributed by atoms with Crippen molar-refractivity contribution in [2.75, 3.05) is 6.61 Å². The molecule has 0 spiro atoms. The van der Waals surface area contributed by atoms with Gasteiger partial charge in [0.05, 0.1) is 4.91 Å². The van der Waals surface area contributed by atoms with E-state index in [1.54, 1.807) is 24.3 Å². The number of rotatable bonds is 6. The molecule has 2 N–H and O–H groups in total. The molecule has 0 aromatic heterocycles. The third-order valence-electron chi connectivity index (χ3n) is 3.68. The van der Waals surface area contributed by atoms with Crippen LogP contribution in [0.15, 0.2) is 66.1 Å². The molecule has 2 aromatic carbocycles. The minimum Gasteiger partial charge on any atom is -0.508 e. The first-order valence-electron chi connectivity index (χ1n) is 8.19. The lowest BCUT2D eigenvalue weighted by Crippen LogP contribution is -2.44. The van der Waals surface area contributed by atoms with Crippen LogP contribution in [-0.4, -0.2) is 32.9 Å². The van der Waals surface area contributed by atoms with Crippen LogP contribution in [0.25, 0.3) is 6.08 Å². The van der Waals surface area contributed by atoms with Gasteiger partial charge < -0.3 is 9.84 Å². The van der Waals surface area contributed by atoms with Gasteiger partial charge in [0.25, 0.3) is 11.8 Å². The second-order valence-electron chi connectivity index (χ2n) is 5.67. The zero-order chi connectivity index (χ0) is 20.1. The Morgan fingerprint density at radius 1 is 1.21 bits per heavy atom. The van der Waals surface area contributed by atoms with E-state index in [0.717, 1.165) is 22.3 Å². The van der Waals surface area contributed by atoms with Gasteiger partial charge in [0.15, 0.2) is 4.32 Å². The topological polar surface area (TPSA) is 78.9 Å². The van der Waals surface area contributed by atoms with E-state index in [1.807, 2.05) is 12.1 Å². The van der Waals surface area contributed by atoms with E-state index in [-0.39, 0.29) is 10.1 Å². The normalized spacial score (nSPS) is 15.0. The van der Waals surface area contributed by atoms with Gasteiger partial charge >= 0.3 is 0 Å². The van der Waals surface area contributed by atoms with Crippen LogP contribution in [0.4, 0.5) is 0 Å². The average molecular weight is 412 g/mol. The number of phenolic OH excluding ortho intramolecular Hbond substituents is 1. The first kappa shape index (κ1) is 19.7. The van der Waals surface area contributed by atoms with Crippen molar-refractivity contribution in [3.63, 3.8) is 0 Å². The number of ether oxygens (including phenoxy) is 1. The Hall–Kier alpha value is -3.10. The second kappa shape index (κ2) is 8.73. The molecule has 1 heterocycles. The number of thioether (sulfide) groups is 1. The highest BCUT2D eigenvalue weighted by Gasteiger charge is 2.33. The zero-order valence-electron chi connectivity index (χ0n) is 14.6. The van der Waals surface area contributed by atoms with Crippen molar-refractivity contribution >= 4 is 46.2 Å². The maximum atomic E-state index is 12.6. The number of hydrazine groups is 1. The molecule has 0 atom stereocenters. The van der Waals surface area contributed by atoms with Crippen LogP contribution < -0.4 is 10.2 Å². The predicted molar refractivity (Wildman–Crippen MR) is 113 cm³/mol. The van der Waals surface area contributed by atoms with Crippen molar-refractivity contribution in [3.8, 4) is 11.5 Å². The maximum absolute atomic E-state index is 12.6. The number of carbonyl (C=O) groups excluding carboxylic acids is 2. The predicted octanol–water partition coefficient (Wildman–Crippen LogP) is 3.50. The molecule has 142 valence electrons. The van der Waals surface area contributed by atoms with Gasteiger partial charge in [0.2, 0.25) is 0 Å². The van der Waals surface area contributed by atoms with Gasteiger partial charge in [-0.15, -0.1) is 0 Å². The molecule has 0 aliphatic carbocycles. The molecular weight excluding hydrogens is 396 g/mol. The van der Waals surface area contributed by atoms with E-state index in [1.165, 1.54) is 24.3 Å². The first-order valence-corrected chi connectivity index (χ1v) is 9.42. The molecule has 28 heavy (non-hydrogen) atoms. The summed E-state index contributed by atoms with van der Waals surface area (Å²) in [6, 6.07) is 12.9. The Morgan fingerprint density at radius 2 is 1.89 bits per heavy atom. The van der Waals surface area contributed by atoms with Crippen molar-refractivity contribution in [2.24, 2.45) is 0 Å². The van der Waals surface area contributed by atoms with Crippen molar-refractivity contribution in [2.45, 2.75) is 0 Å². The molecule has 3 rings (SSSR count). The summed E-state index contributed by atoms with van der Waals surface area (Å²) in [5, 5.41) is 10.3. The minimum absolute atomic E-state index is 0.0472. The van der Waals surface area contributed by atoms with Crippen molar-refractivity contribution in [1.82, 2.24) is 10.4 Å². The van der Waals surface area contributed by atoms with E-state index in [4.69, 9.17) is 17.0 Å². The Bertz CT molecular complexity index is 953. The Balaban J connectivity index is 1.70. The molecule has 1 aliphatic rings. The van der Waals surface area contributed by atoms with Gasteiger partial charge in [-0.05, 0) is 60.3 Å². The number of aromatic hydroxyl groups is 1. The zero-order valence-corrected chi connectivity index (χ0v) is 16.3. The van der Waals surface area contributed by atoms with Gasteiger partial charge in [-0.1, -0.05) is 36.5 Å². The Kier molecular flexibility index (Phi) is 6.13. The van der Waals surface area contributed by atoms with Crippen molar-refractivity contribution in [1.29, 1.82) is 0 Å². The molecule has 1 aliphatic heterocycles. The van der Waals surface area contributed by atoms with Gasteiger partial charge in [-0.25, -0.2) is 0 Å². The fourth-order valence-corrected chi connectivity index (χ4v) is 3.49. The lowest BCUT2D eigenvalue weighted by Gasteiger charge is -2.15. The molecule has 0 bridgehead atoms. The summed E-state index contributed by atoms with van der Waals surface area (Å²) in [5.74, 6) is -0.160. The lowest BCUT2D eigenvalue weighted by atomic mass is 10.2. The molecule has 1 fully saturated rings. The highest BCUT2D eigenvalue weighted by atomic mass is 32.2. The summed E-state index contributed by atoms with van der Waals surface area (Å²) in [7, 11) is 0. The minimum atomic E-state index is -0.499. The molecule has 1 saturated heterocycles. The first-order chi connectivity index (χ1) is 13.5. The summed E-state index contributed by atoms with van der Waals surface area (Å²) in [4.78, 5) is 25.3. The van der Waals surface area contributed by atoms with Gasteiger partial charge in [0.1, 0.15) is 18.1 Å². The maximum Gasteiger partial charge on any atom is 0.285 e. The molecular formula is C20H16N2O4S2. The largest absolute Gasteiger partial charge is 0.508 e. The van der Waals surface area contributed by atoms with Crippen LogP contribution >= 0.6 is 24.0 Å². The van der Waals surface area contributed by atoms with E-state index >= 15 is 0 Å². The summed E-state index contributed by atoms with van der Waals surface area (Å²) in [6.07, 6.45) is 3.36. The molecule has 0 saturated carbocycles. The number of hydrogen-bond donors (Lipinski definition) is 2. The van der Waals surface area contributed by atoms with E-state index in [9.17, 15) is 14.7 Å². The van der Waals surface area contributed by atoms with E-state index in [2.05, 4.69) is 12.0 Å². The summed E-state index contributed by atoms with van der Waals surface area (Å²) in [5.41, 5.74) is 3.59. The number of hydrogen-bond acceptors (Lipinski definition) is 6. The molecule has 2 aromatic rings. The standard InChI is InChI=1S/C20H16N2O4S2/c1-2-11-26-16-9-3-13(4-10-16)12-17-19(25)22(20(27)28-17)21-18(24)14-5-7-15(23)8-6-14/h2-10,12,23H,1,11H2,(H,21,24)/b17-12+. The van der Waals surface area contributed by atoms with Crippen LogP contribution in [0.2, 0.25) is 0 Å². The summed E-state index contributed by atoms with van der Waals surface area (Å²) >= 11 is 6.32. The number of amides is 2. The SMILES string of the molecule is C=CCOc1ccc(/C=C2/SC(=S)N(NC(=O)c3ccc(O)cc3)C2=O)cc1. The van der Waals surface area contributed by atoms with Crippen LogP contribution in [0.1, 0.15) is 15.9 Å². The molecule has 6 nitrogen and oxygen atoms in total. The lowest BCUT2D eigenvalue weighted by molar-refractivity contribution is -0.123. The van der Waals surface area contributed by atoms with Crippen LogP contribution in [0, 0.1) is 0 Å². The second-order valence-corrected chi connectivity index (χ2v) is 7.35. The fourth-order valence-electron chi connectivity index (χ4n) is 2.31. The average Bonchev–Trinajstić information content (AvgIpc) is 2.95. The molecule has 8 heteroatoms. The van der Waals surface area contributed by atoms with E-state index in [0.29, 0.717) is 22.8 Å². The number of nitrogens with one attached hydrogen (secondary N) is 1. The van der Waals surface area contributed by atoms with Crippen LogP contribution in [0.5, 0.6) is 11.5 Å². The number of nitrogens with zero attached hydrogens (tertiary/aromatic N) is 1. The monoisotopic (exact) mass is 412 g/mol. The summed E-state index contributed by atoms with van der Waals surface area (Å²) < 4.78 is 5.66. The quantitative estimate of drug-likeness (QED) is 0.430. The molecule has 2 amide bonds. The van der Waals surface area contributed by atoms with Gasteiger partial charge in [-0.3, -0.25) is 15.0 Å². The number of phenols is 1. The highest BCUT2D eigenvalue weighted by molar-refractivity contribution is 8.26. The van der Waals surface area contributed by atoms with Gasteiger partial charge in [-0.2, -0.15) is 5.01 Å². The highest BCUT2D eigenvalue weighted by Crippen LogP contribution is 2.31. The fraction of sp³-hybridized carbons (Fsp3) is 0.0500. The number of benzene rings is 2. The third-order valence-corrected chi connectivity index (χ3v) is 4.98. The molecule has 0 unspecified atom stereocenters. The van der Waals surface area contributed by atoms with Crippen molar-refractivity contribution in [3.05, 3.63) is 77.2 Å². The Morgan fingerprint density at radius 3 is 2.54 bits per heavy atom. The van der Waals surface area contributed by atoms with Crippen LogP contribution in [0.3, 0.4) is 0 Å². The van der Waals surface area contributed by atoms with Crippen LogP contribution in [-0.2, 0) is 4.79 Å². The third kappa shape index (κ3) is 4.59. The summed E-state index contributed by atoms with van der Waals surface area (Å²) in [6.45, 7) is 4.01.